The SMILES string of the molecule is CCCc1nc(-c2ncccn2)nc(N)c1I. The van der Waals surface area contributed by atoms with Crippen LogP contribution in [0.4, 0.5) is 5.82 Å². The molecule has 0 bridgehead atoms. The van der Waals surface area contributed by atoms with E-state index in [1.807, 2.05) is 0 Å². The van der Waals surface area contributed by atoms with E-state index in [-0.39, 0.29) is 0 Å². The van der Waals surface area contributed by atoms with E-state index in [1.165, 1.54) is 0 Å². The Morgan fingerprint density at radius 2 is 1.88 bits per heavy atom. The fourth-order valence-corrected chi connectivity index (χ4v) is 1.94. The Bertz CT molecular complexity index is 515. The molecule has 0 aliphatic rings. The van der Waals surface area contributed by atoms with Gasteiger partial charge in [0, 0.05) is 12.4 Å². The van der Waals surface area contributed by atoms with Gasteiger partial charge in [-0.3, -0.25) is 0 Å². The number of aromatic nitrogens is 4. The number of hydrogen-bond donors (Lipinski definition) is 1. The fraction of sp³-hybridized carbons (Fsp3) is 0.273. The summed E-state index contributed by atoms with van der Waals surface area (Å²) in [7, 11) is 0. The van der Waals surface area contributed by atoms with Crippen LogP contribution in [0, 0.1) is 3.57 Å². The molecule has 0 atom stereocenters. The Morgan fingerprint density at radius 1 is 1.18 bits per heavy atom. The van der Waals surface area contributed by atoms with Gasteiger partial charge in [0.25, 0.3) is 0 Å². The summed E-state index contributed by atoms with van der Waals surface area (Å²) in [5.41, 5.74) is 6.84. The highest BCUT2D eigenvalue weighted by Crippen LogP contribution is 2.20. The molecule has 6 heteroatoms. The Balaban J connectivity index is 2.49. The molecule has 0 fully saturated rings. The van der Waals surface area contributed by atoms with Crippen molar-refractivity contribution >= 4 is 28.4 Å². The molecule has 0 aliphatic heterocycles. The molecule has 88 valence electrons. The second kappa shape index (κ2) is 5.35. The summed E-state index contributed by atoms with van der Waals surface area (Å²) < 4.78 is 0.920. The minimum Gasteiger partial charge on any atom is -0.383 e. The van der Waals surface area contributed by atoms with Crippen molar-refractivity contribution < 1.29 is 0 Å². The maximum Gasteiger partial charge on any atom is 0.199 e. The average molecular weight is 341 g/mol. The van der Waals surface area contributed by atoms with Crippen molar-refractivity contribution in [2.75, 3.05) is 5.73 Å². The van der Waals surface area contributed by atoms with E-state index in [1.54, 1.807) is 18.5 Å². The van der Waals surface area contributed by atoms with E-state index in [0.717, 1.165) is 22.1 Å². The van der Waals surface area contributed by atoms with Crippen LogP contribution in [0.2, 0.25) is 0 Å². The van der Waals surface area contributed by atoms with E-state index in [2.05, 4.69) is 49.5 Å². The molecule has 0 aliphatic carbocycles. The van der Waals surface area contributed by atoms with Crippen LogP contribution in [0.3, 0.4) is 0 Å². The van der Waals surface area contributed by atoms with Gasteiger partial charge in [0.15, 0.2) is 11.6 Å². The Morgan fingerprint density at radius 3 is 2.53 bits per heavy atom. The van der Waals surface area contributed by atoms with Crippen LogP contribution >= 0.6 is 22.6 Å². The van der Waals surface area contributed by atoms with Crippen LogP contribution in [-0.4, -0.2) is 19.9 Å². The van der Waals surface area contributed by atoms with Crippen LogP contribution in [-0.2, 0) is 6.42 Å². The number of halogens is 1. The lowest BCUT2D eigenvalue weighted by molar-refractivity contribution is 0.865. The van der Waals surface area contributed by atoms with E-state index in [0.29, 0.717) is 17.5 Å². The lowest BCUT2D eigenvalue weighted by Crippen LogP contribution is -2.06. The highest BCUT2D eigenvalue weighted by Gasteiger charge is 2.12. The van der Waals surface area contributed by atoms with Gasteiger partial charge in [0.05, 0.1) is 9.26 Å². The number of aryl methyl sites for hydroxylation is 1. The number of rotatable bonds is 3. The molecule has 2 aromatic heterocycles. The Hall–Kier alpha value is -1.31. The minimum atomic E-state index is 0.492. The average Bonchev–Trinajstić information content (AvgIpc) is 2.36. The largest absolute Gasteiger partial charge is 0.383 e. The molecule has 2 heterocycles. The molecule has 0 aromatic carbocycles. The van der Waals surface area contributed by atoms with Gasteiger partial charge in [0.2, 0.25) is 0 Å². The molecule has 2 N–H and O–H groups in total. The smallest absolute Gasteiger partial charge is 0.199 e. The van der Waals surface area contributed by atoms with Gasteiger partial charge in [-0.1, -0.05) is 13.3 Å². The first-order valence-corrected chi connectivity index (χ1v) is 6.39. The predicted octanol–water partition coefficient (Wildman–Crippen LogP) is 2.07. The normalized spacial score (nSPS) is 10.5. The lowest BCUT2D eigenvalue weighted by atomic mass is 10.2. The third kappa shape index (κ3) is 2.68. The highest BCUT2D eigenvalue weighted by atomic mass is 127. The molecule has 2 rings (SSSR count). The third-order valence-electron chi connectivity index (χ3n) is 2.20. The number of hydrogen-bond acceptors (Lipinski definition) is 5. The Labute approximate surface area is 113 Å². The second-order valence-electron chi connectivity index (χ2n) is 3.52. The molecular formula is C11H12IN5. The summed E-state index contributed by atoms with van der Waals surface area (Å²) >= 11 is 2.17. The van der Waals surface area contributed by atoms with Gasteiger partial charge in [0.1, 0.15) is 5.82 Å². The van der Waals surface area contributed by atoms with Crippen molar-refractivity contribution in [2.24, 2.45) is 0 Å². The van der Waals surface area contributed by atoms with Gasteiger partial charge < -0.3 is 5.73 Å². The number of nitrogens with zero attached hydrogens (tertiary/aromatic N) is 4. The first kappa shape index (κ1) is 12.2. The molecule has 0 spiro atoms. The summed E-state index contributed by atoms with van der Waals surface area (Å²) in [6.45, 7) is 2.10. The van der Waals surface area contributed by atoms with Crippen molar-refractivity contribution in [3.8, 4) is 11.6 Å². The quantitative estimate of drug-likeness (QED) is 0.865. The summed E-state index contributed by atoms with van der Waals surface area (Å²) in [6.07, 6.45) is 5.23. The van der Waals surface area contributed by atoms with Crippen LogP contribution in [0.1, 0.15) is 19.0 Å². The molecule has 5 nitrogen and oxygen atoms in total. The molecule has 0 amide bonds. The molecule has 2 aromatic rings. The molecular weight excluding hydrogens is 329 g/mol. The van der Waals surface area contributed by atoms with Crippen LogP contribution in [0.15, 0.2) is 18.5 Å². The zero-order chi connectivity index (χ0) is 12.3. The number of nitrogens with two attached hydrogens (primary N) is 1. The second-order valence-corrected chi connectivity index (χ2v) is 4.59. The van der Waals surface area contributed by atoms with Crippen molar-refractivity contribution in [2.45, 2.75) is 19.8 Å². The zero-order valence-electron chi connectivity index (χ0n) is 9.39. The number of nitrogen functional groups attached to an aromatic ring is 1. The van der Waals surface area contributed by atoms with E-state index >= 15 is 0 Å². The van der Waals surface area contributed by atoms with Gasteiger partial charge in [-0.25, -0.2) is 19.9 Å². The van der Waals surface area contributed by atoms with Crippen LogP contribution in [0.25, 0.3) is 11.6 Å². The standard InChI is InChI=1S/C11H12IN5/c1-2-4-7-8(12)9(13)17-11(16-7)10-14-5-3-6-15-10/h3,5-6H,2,4H2,1H3,(H2,13,16,17). The van der Waals surface area contributed by atoms with Gasteiger partial charge in [-0.15, -0.1) is 0 Å². The van der Waals surface area contributed by atoms with Crippen molar-refractivity contribution in [3.05, 3.63) is 27.7 Å². The fourth-order valence-electron chi connectivity index (χ4n) is 1.43. The van der Waals surface area contributed by atoms with Crippen molar-refractivity contribution in [1.29, 1.82) is 0 Å². The van der Waals surface area contributed by atoms with Crippen LogP contribution < -0.4 is 5.73 Å². The first-order chi connectivity index (χ1) is 8.22. The van der Waals surface area contributed by atoms with E-state index in [4.69, 9.17) is 5.73 Å². The third-order valence-corrected chi connectivity index (χ3v) is 3.37. The number of anilines is 1. The van der Waals surface area contributed by atoms with Gasteiger partial charge in [-0.2, -0.15) is 0 Å². The van der Waals surface area contributed by atoms with E-state index < -0.39 is 0 Å². The summed E-state index contributed by atoms with van der Waals surface area (Å²) in [5, 5.41) is 0. The Kier molecular flexibility index (Phi) is 3.82. The molecule has 0 radical (unpaired) electrons. The maximum atomic E-state index is 5.87. The molecule has 17 heavy (non-hydrogen) atoms. The highest BCUT2D eigenvalue weighted by molar-refractivity contribution is 14.1. The van der Waals surface area contributed by atoms with Crippen LogP contribution in [0.5, 0.6) is 0 Å². The minimum absolute atomic E-state index is 0.492. The summed E-state index contributed by atoms with van der Waals surface area (Å²) in [5.74, 6) is 1.49. The van der Waals surface area contributed by atoms with Gasteiger partial charge >= 0.3 is 0 Å². The summed E-state index contributed by atoms with van der Waals surface area (Å²) in [6, 6.07) is 1.76. The maximum absolute atomic E-state index is 5.87. The first-order valence-electron chi connectivity index (χ1n) is 5.31. The zero-order valence-corrected chi connectivity index (χ0v) is 11.5. The molecule has 0 saturated heterocycles. The monoisotopic (exact) mass is 341 g/mol. The summed E-state index contributed by atoms with van der Waals surface area (Å²) in [4.78, 5) is 16.9. The van der Waals surface area contributed by atoms with Gasteiger partial charge in [-0.05, 0) is 35.1 Å². The predicted molar refractivity (Wildman–Crippen MR) is 74.2 cm³/mol. The molecule has 0 unspecified atom stereocenters. The molecule has 0 saturated carbocycles. The topological polar surface area (TPSA) is 77.6 Å². The van der Waals surface area contributed by atoms with E-state index in [9.17, 15) is 0 Å². The lowest BCUT2D eigenvalue weighted by Gasteiger charge is -2.07. The van der Waals surface area contributed by atoms with Crippen molar-refractivity contribution in [1.82, 2.24) is 19.9 Å². The van der Waals surface area contributed by atoms with Crippen molar-refractivity contribution in [3.63, 3.8) is 0 Å².